The Morgan fingerprint density at radius 2 is 1.94 bits per heavy atom. The van der Waals surface area contributed by atoms with Crippen molar-refractivity contribution in [3.63, 3.8) is 0 Å². The lowest BCUT2D eigenvalue weighted by Crippen LogP contribution is -2.20. The average Bonchev–Trinajstić information content (AvgIpc) is 2.28. The molecule has 2 heteroatoms. The quantitative estimate of drug-likeness (QED) is 0.710. The van der Waals surface area contributed by atoms with Crippen molar-refractivity contribution in [3.8, 4) is 0 Å². The Kier molecular flexibility index (Phi) is 6.12. The van der Waals surface area contributed by atoms with E-state index in [9.17, 15) is 0 Å². The Morgan fingerprint density at radius 1 is 1.19 bits per heavy atom. The first kappa shape index (κ1) is 13.2. The first-order valence-corrected chi connectivity index (χ1v) is 6.11. The van der Waals surface area contributed by atoms with E-state index in [0.717, 1.165) is 13.1 Å². The molecule has 16 heavy (non-hydrogen) atoms. The molecule has 0 unspecified atom stereocenters. The molecule has 90 valence electrons. The smallest absolute Gasteiger partial charge is 0.0233 e. The van der Waals surface area contributed by atoms with E-state index in [4.69, 9.17) is 0 Å². The first-order valence-electron chi connectivity index (χ1n) is 6.11. The van der Waals surface area contributed by atoms with Crippen LogP contribution in [0.2, 0.25) is 0 Å². The van der Waals surface area contributed by atoms with Crippen LogP contribution in [0.4, 0.5) is 0 Å². The highest BCUT2D eigenvalue weighted by molar-refractivity contribution is 5.25. The zero-order valence-corrected chi connectivity index (χ0v) is 10.8. The van der Waals surface area contributed by atoms with Gasteiger partial charge in [0.25, 0.3) is 0 Å². The van der Waals surface area contributed by atoms with E-state index in [2.05, 4.69) is 48.5 Å². The maximum absolute atomic E-state index is 3.18. The predicted molar refractivity (Wildman–Crippen MR) is 70.7 cm³/mol. The molecule has 0 saturated heterocycles. The summed E-state index contributed by atoms with van der Waals surface area (Å²) in [6.45, 7) is 5.55. The molecular weight excluding hydrogens is 196 g/mol. The van der Waals surface area contributed by atoms with E-state index < -0.39 is 0 Å². The van der Waals surface area contributed by atoms with Gasteiger partial charge in [-0.3, -0.25) is 0 Å². The van der Waals surface area contributed by atoms with Gasteiger partial charge in [-0.2, -0.15) is 0 Å². The normalized spacial score (nSPS) is 11.0. The van der Waals surface area contributed by atoms with Gasteiger partial charge in [0.05, 0.1) is 0 Å². The van der Waals surface area contributed by atoms with Crippen molar-refractivity contribution in [2.45, 2.75) is 26.3 Å². The molecule has 0 radical (unpaired) electrons. The number of aryl methyl sites for hydroxylation is 1. The molecule has 0 fully saturated rings. The molecule has 0 aromatic heterocycles. The topological polar surface area (TPSA) is 15.3 Å². The minimum absolute atomic E-state index is 1.06. The van der Waals surface area contributed by atoms with E-state index >= 15 is 0 Å². The molecule has 0 bridgehead atoms. The highest BCUT2D eigenvalue weighted by atomic mass is 15.1. The summed E-state index contributed by atoms with van der Waals surface area (Å²) in [6, 6.07) is 8.63. The van der Waals surface area contributed by atoms with Crippen molar-refractivity contribution in [3.05, 3.63) is 35.4 Å². The molecule has 0 amide bonds. The molecule has 0 saturated carbocycles. The summed E-state index contributed by atoms with van der Waals surface area (Å²) in [4.78, 5) is 2.40. The second kappa shape index (κ2) is 7.42. The van der Waals surface area contributed by atoms with E-state index in [0.29, 0.717) is 0 Å². The van der Waals surface area contributed by atoms with Gasteiger partial charge < -0.3 is 10.2 Å². The molecule has 0 heterocycles. The lowest BCUT2D eigenvalue weighted by molar-refractivity contribution is 0.317. The van der Waals surface area contributed by atoms with Gasteiger partial charge in [-0.1, -0.05) is 24.3 Å². The van der Waals surface area contributed by atoms with Crippen LogP contribution < -0.4 is 5.32 Å². The minimum Gasteiger partial charge on any atom is -0.320 e. The molecule has 1 rings (SSSR count). The molecule has 0 atom stereocenters. The third-order valence-electron chi connectivity index (χ3n) is 2.92. The summed E-state index contributed by atoms with van der Waals surface area (Å²) in [5, 5.41) is 3.18. The van der Waals surface area contributed by atoms with Crippen molar-refractivity contribution in [1.29, 1.82) is 0 Å². The van der Waals surface area contributed by atoms with Crippen LogP contribution in [0.5, 0.6) is 0 Å². The van der Waals surface area contributed by atoms with Crippen LogP contribution in [0.15, 0.2) is 24.3 Å². The Balaban J connectivity index is 2.28. The zero-order valence-electron chi connectivity index (χ0n) is 10.8. The largest absolute Gasteiger partial charge is 0.320 e. The van der Waals surface area contributed by atoms with E-state index in [-0.39, 0.29) is 0 Å². The molecular formula is C14H24N2. The maximum Gasteiger partial charge on any atom is 0.0233 e. The van der Waals surface area contributed by atoms with E-state index in [1.165, 1.54) is 30.5 Å². The second-order valence-electron chi connectivity index (χ2n) is 4.47. The molecule has 1 N–H and O–H groups in total. The molecule has 0 aliphatic carbocycles. The number of rotatable bonds is 7. The summed E-state index contributed by atoms with van der Waals surface area (Å²) in [5.74, 6) is 0. The van der Waals surface area contributed by atoms with Gasteiger partial charge >= 0.3 is 0 Å². The molecule has 1 aromatic rings. The van der Waals surface area contributed by atoms with Crippen molar-refractivity contribution < 1.29 is 0 Å². The van der Waals surface area contributed by atoms with Crippen LogP contribution in [0.3, 0.4) is 0 Å². The number of benzene rings is 1. The summed E-state index contributed by atoms with van der Waals surface area (Å²) >= 11 is 0. The highest BCUT2D eigenvalue weighted by Gasteiger charge is 2.01. The highest BCUT2D eigenvalue weighted by Crippen LogP contribution is 2.09. The summed E-state index contributed by atoms with van der Waals surface area (Å²) in [5.41, 5.74) is 2.84. The Hall–Kier alpha value is -0.860. The Labute approximate surface area is 99.7 Å². The van der Waals surface area contributed by atoms with Gasteiger partial charge in [0.15, 0.2) is 0 Å². The standard InChI is InChI=1S/C14H24N2/c1-13-8-4-5-9-14(13)12-16(3)11-7-6-10-15-2/h4-5,8-9,15H,6-7,10-12H2,1-3H3. The first-order chi connectivity index (χ1) is 7.74. The van der Waals surface area contributed by atoms with Gasteiger partial charge in [0, 0.05) is 6.54 Å². The minimum atomic E-state index is 1.06. The number of unbranched alkanes of at least 4 members (excludes halogenated alkanes) is 1. The van der Waals surface area contributed by atoms with Crippen LogP contribution in [-0.4, -0.2) is 32.1 Å². The van der Waals surface area contributed by atoms with Gasteiger partial charge in [-0.05, 0) is 58.1 Å². The number of nitrogens with one attached hydrogen (secondary N) is 1. The van der Waals surface area contributed by atoms with E-state index in [1.807, 2.05) is 7.05 Å². The molecule has 0 aliphatic rings. The van der Waals surface area contributed by atoms with Crippen molar-refractivity contribution in [2.24, 2.45) is 0 Å². The predicted octanol–water partition coefficient (Wildman–Crippen LogP) is 2.43. The third kappa shape index (κ3) is 4.77. The van der Waals surface area contributed by atoms with Crippen LogP contribution >= 0.6 is 0 Å². The molecule has 1 aromatic carbocycles. The van der Waals surface area contributed by atoms with Gasteiger partial charge in [0.2, 0.25) is 0 Å². The number of nitrogens with zero attached hydrogens (tertiary/aromatic N) is 1. The summed E-state index contributed by atoms with van der Waals surface area (Å²) in [6.07, 6.45) is 2.53. The van der Waals surface area contributed by atoms with Crippen LogP contribution in [-0.2, 0) is 6.54 Å². The zero-order chi connectivity index (χ0) is 11.8. The fourth-order valence-electron chi connectivity index (χ4n) is 1.84. The number of hydrogen-bond acceptors (Lipinski definition) is 2. The third-order valence-corrected chi connectivity index (χ3v) is 2.92. The maximum atomic E-state index is 3.18. The molecule has 0 spiro atoms. The monoisotopic (exact) mass is 220 g/mol. The summed E-state index contributed by atoms with van der Waals surface area (Å²) < 4.78 is 0. The van der Waals surface area contributed by atoms with Crippen molar-refractivity contribution in [2.75, 3.05) is 27.2 Å². The average molecular weight is 220 g/mol. The van der Waals surface area contributed by atoms with Crippen LogP contribution in [0.25, 0.3) is 0 Å². The van der Waals surface area contributed by atoms with Crippen molar-refractivity contribution >= 4 is 0 Å². The lowest BCUT2D eigenvalue weighted by Gasteiger charge is -2.17. The van der Waals surface area contributed by atoms with Crippen LogP contribution in [0.1, 0.15) is 24.0 Å². The van der Waals surface area contributed by atoms with E-state index in [1.54, 1.807) is 0 Å². The van der Waals surface area contributed by atoms with Gasteiger partial charge in [0.1, 0.15) is 0 Å². The fraction of sp³-hybridized carbons (Fsp3) is 0.571. The molecule has 0 aliphatic heterocycles. The van der Waals surface area contributed by atoms with Gasteiger partial charge in [-0.15, -0.1) is 0 Å². The Bertz CT molecular complexity index is 297. The fourth-order valence-corrected chi connectivity index (χ4v) is 1.84. The molecule has 2 nitrogen and oxygen atoms in total. The second-order valence-corrected chi connectivity index (χ2v) is 4.47. The van der Waals surface area contributed by atoms with Gasteiger partial charge in [-0.25, -0.2) is 0 Å². The Morgan fingerprint density at radius 3 is 2.62 bits per heavy atom. The van der Waals surface area contributed by atoms with Crippen LogP contribution in [0, 0.1) is 6.92 Å². The lowest BCUT2D eigenvalue weighted by atomic mass is 10.1. The van der Waals surface area contributed by atoms with Crippen molar-refractivity contribution in [1.82, 2.24) is 10.2 Å². The number of hydrogen-bond donors (Lipinski definition) is 1. The summed E-state index contributed by atoms with van der Waals surface area (Å²) in [7, 11) is 4.21. The SMILES string of the molecule is CNCCCCN(C)Cc1ccccc1C.